The molecule has 1 saturated heterocycles. The van der Waals surface area contributed by atoms with Gasteiger partial charge in [0.1, 0.15) is 0 Å². The van der Waals surface area contributed by atoms with Gasteiger partial charge in [0, 0.05) is 26.2 Å². The van der Waals surface area contributed by atoms with Crippen molar-refractivity contribution >= 4 is 10.0 Å². The number of aryl methyl sites for hydroxylation is 3. The number of sulfonamides is 1. The number of benzene rings is 1. The first-order valence-corrected chi connectivity index (χ1v) is 9.33. The van der Waals surface area contributed by atoms with Crippen LogP contribution in [0.2, 0.25) is 0 Å². The highest BCUT2D eigenvalue weighted by atomic mass is 32.2. The maximum absolute atomic E-state index is 12.5. The monoisotopic (exact) mass is 342 g/mol. The summed E-state index contributed by atoms with van der Waals surface area (Å²) < 4.78 is 32.8. The lowest BCUT2D eigenvalue weighted by atomic mass is 10.1. The average Bonchev–Trinajstić information content (AvgIpc) is 2.45. The van der Waals surface area contributed by atoms with Crippen LogP contribution in [0.15, 0.2) is 17.0 Å². The molecule has 0 bridgehead atoms. The molecule has 0 saturated carbocycles. The van der Waals surface area contributed by atoms with E-state index in [-0.39, 0.29) is 6.54 Å². The highest BCUT2D eigenvalue weighted by molar-refractivity contribution is 7.89. The lowest BCUT2D eigenvalue weighted by molar-refractivity contribution is 0.0158. The quantitative estimate of drug-likeness (QED) is 0.791. The minimum Gasteiger partial charge on any atom is -0.390 e. The molecule has 1 aliphatic heterocycles. The second kappa shape index (κ2) is 7.72. The van der Waals surface area contributed by atoms with Gasteiger partial charge in [-0.05, 0) is 31.9 Å². The highest BCUT2D eigenvalue weighted by Crippen LogP contribution is 2.21. The molecule has 7 heteroatoms. The molecule has 130 valence electrons. The molecule has 0 aromatic heterocycles. The summed E-state index contributed by atoms with van der Waals surface area (Å²) in [5, 5.41) is 10.1. The second-order valence-electron chi connectivity index (χ2n) is 6.15. The number of ether oxygens (including phenoxy) is 1. The van der Waals surface area contributed by atoms with Crippen LogP contribution in [0.1, 0.15) is 16.7 Å². The van der Waals surface area contributed by atoms with E-state index < -0.39 is 16.1 Å². The van der Waals surface area contributed by atoms with Gasteiger partial charge in [0.05, 0.1) is 24.2 Å². The Morgan fingerprint density at radius 2 is 1.78 bits per heavy atom. The van der Waals surface area contributed by atoms with Crippen LogP contribution in [0.4, 0.5) is 0 Å². The first-order valence-electron chi connectivity index (χ1n) is 7.85. The Morgan fingerprint density at radius 1 is 1.22 bits per heavy atom. The van der Waals surface area contributed by atoms with E-state index in [2.05, 4.69) is 9.62 Å². The molecular weight excluding hydrogens is 316 g/mol. The largest absolute Gasteiger partial charge is 0.390 e. The molecule has 1 atom stereocenters. The Morgan fingerprint density at radius 3 is 2.35 bits per heavy atom. The Bertz CT molecular complexity index is 616. The SMILES string of the molecule is Cc1cc(C)c(S(=O)(=O)NCC(O)CN2CCOCC2)c(C)c1. The molecule has 1 aliphatic rings. The summed E-state index contributed by atoms with van der Waals surface area (Å²) in [5.41, 5.74) is 2.47. The van der Waals surface area contributed by atoms with Crippen LogP contribution in [0.25, 0.3) is 0 Å². The Kier molecular flexibility index (Phi) is 6.16. The summed E-state index contributed by atoms with van der Waals surface area (Å²) in [5.74, 6) is 0. The number of hydrogen-bond acceptors (Lipinski definition) is 5. The summed E-state index contributed by atoms with van der Waals surface area (Å²) >= 11 is 0. The number of aliphatic hydroxyl groups excluding tert-OH is 1. The average molecular weight is 342 g/mol. The third-order valence-electron chi connectivity index (χ3n) is 3.96. The van der Waals surface area contributed by atoms with E-state index in [1.54, 1.807) is 13.8 Å². The topological polar surface area (TPSA) is 78.9 Å². The van der Waals surface area contributed by atoms with Crippen LogP contribution in [0.3, 0.4) is 0 Å². The zero-order chi connectivity index (χ0) is 17.0. The maximum Gasteiger partial charge on any atom is 0.241 e. The maximum atomic E-state index is 12.5. The summed E-state index contributed by atoms with van der Waals surface area (Å²) in [6.07, 6.45) is -0.742. The summed E-state index contributed by atoms with van der Waals surface area (Å²) in [6.45, 7) is 8.80. The minimum atomic E-state index is -3.63. The van der Waals surface area contributed by atoms with Gasteiger partial charge in [-0.3, -0.25) is 4.90 Å². The van der Waals surface area contributed by atoms with Crippen molar-refractivity contribution in [2.45, 2.75) is 31.8 Å². The normalized spacial score (nSPS) is 18.1. The van der Waals surface area contributed by atoms with Crippen LogP contribution in [0, 0.1) is 20.8 Å². The van der Waals surface area contributed by atoms with E-state index in [9.17, 15) is 13.5 Å². The Balaban J connectivity index is 1.98. The molecule has 1 heterocycles. The first kappa shape index (κ1) is 18.4. The van der Waals surface area contributed by atoms with Gasteiger partial charge in [0.15, 0.2) is 0 Å². The van der Waals surface area contributed by atoms with Gasteiger partial charge in [-0.15, -0.1) is 0 Å². The fourth-order valence-corrected chi connectivity index (χ4v) is 4.54. The van der Waals surface area contributed by atoms with Crippen molar-refractivity contribution < 1.29 is 18.3 Å². The standard InChI is InChI=1S/C16H26N2O4S/c1-12-8-13(2)16(14(3)9-12)23(20,21)17-10-15(19)11-18-4-6-22-7-5-18/h8-9,15,17,19H,4-7,10-11H2,1-3H3. The van der Waals surface area contributed by atoms with Crippen LogP contribution in [0.5, 0.6) is 0 Å². The zero-order valence-electron chi connectivity index (χ0n) is 14.0. The summed E-state index contributed by atoms with van der Waals surface area (Å²) in [6, 6.07) is 3.71. The van der Waals surface area contributed by atoms with Crippen molar-refractivity contribution in [1.29, 1.82) is 0 Å². The van der Waals surface area contributed by atoms with Gasteiger partial charge >= 0.3 is 0 Å². The number of rotatable bonds is 6. The fraction of sp³-hybridized carbons (Fsp3) is 0.625. The molecule has 23 heavy (non-hydrogen) atoms. The zero-order valence-corrected chi connectivity index (χ0v) is 14.8. The molecule has 2 N–H and O–H groups in total. The first-order chi connectivity index (χ1) is 10.8. The van der Waals surface area contributed by atoms with Gasteiger partial charge < -0.3 is 9.84 Å². The predicted octanol–water partition coefficient (Wildman–Crippen LogP) is 0.583. The number of β-amino-alcohol motifs (C(OH)–C–C–N with tert-alkyl or cyclic N) is 1. The van der Waals surface area contributed by atoms with Gasteiger partial charge in [-0.2, -0.15) is 0 Å². The van der Waals surface area contributed by atoms with E-state index >= 15 is 0 Å². The van der Waals surface area contributed by atoms with E-state index in [4.69, 9.17) is 4.74 Å². The molecular formula is C16H26N2O4S. The number of morpholine rings is 1. The molecule has 1 unspecified atom stereocenters. The fourth-order valence-electron chi connectivity index (χ4n) is 3.02. The van der Waals surface area contributed by atoms with E-state index in [1.165, 1.54) is 0 Å². The molecule has 0 amide bonds. The minimum absolute atomic E-state index is 0.00640. The van der Waals surface area contributed by atoms with E-state index in [0.717, 1.165) is 29.8 Å². The Hall–Kier alpha value is -0.990. The van der Waals surface area contributed by atoms with Gasteiger partial charge in [-0.1, -0.05) is 17.7 Å². The smallest absolute Gasteiger partial charge is 0.241 e. The third kappa shape index (κ3) is 4.99. The van der Waals surface area contributed by atoms with Gasteiger partial charge in [-0.25, -0.2) is 13.1 Å². The van der Waals surface area contributed by atoms with E-state index in [0.29, 0.717) is 24.7 Å². The van der Waals surface area contributed by atoms with Crippen LogP contribution < -0.4 is 4.72 Å². The second-order valence-corrected chi connectivity index (χ2v) is 7.85. The van der Waals surface area contributed by atoms with Crippen molar-refractivity contribution in [2.24, 2.45) is 0 Å². The number of aliphatic hydroxyl groups is 1. The highest BCUT2D eigenvalue weighted by Gasteiger charge is 2.22. The number of hydrogen-bond donors (Lipinski definition) is 2. The van der Waals surface area contributed by atoms with Crippen molar-refractivity contribution in [2.75, 3.05) is 39.4 Å². The molecule has 2 rings (SSSR count). The molecule has 0 radical (unpaired) electrons. The van der Waals surface area contributed by atoms with Crippen LogP contribution >= 0.6 is 0 Å². The Labute approximate surface area is 138 Å². The molecule has 1 fully saturated rings. The van der Waals surface area contributed by atoms with Crippen LogP contribution in [-0.4, -0.2) is 63.9 Å². The third-order valence-corrected chi connectivity index (χ3v) is 5.68. The lowest BCUT2D eigenvalue weighted by Gasteiger charge is -2.28. The van der Waals surface area contributed by atoms with Crippen LogP contribution in [-0.2, 0) is 14.8 Å². The molecule has 1 aromatic carbocycles. The van der Waals surface area contributed by atoms with Gasteiger partial charge in [0.25, 0.3) is 0 Å². The molecule has 0 aliphatic carbocycles. The molecule has 6 nitrogen and oxygen atoms in total. The summed E-state index contributed by atoms with van der Waals surface area (Å²) in [7, 11) is -3.63. The summed E-state index contributed by atoms with van der Waals surface area (Å²) in [4.78, 5) is 2.38. The molecule has 0 spiro atoms. The van der Waals surface area contributed by atoms with Crippen molar-refractivity contribution in [3.63, 3.8) is 0 Å². The van der Waals surface area contributed by atoms with Crippen molar-refractivity contribution in [3.8, 4) is 0 Å². The molecule has 1 aromatic rings. The van der Waals surface area contributed by atoms with Gasteiger partial charge in [0.2, 0.25) is 10.0 Å². The number of nitrogens with zero attached hydrogens (tertiary/aromatic N) is 1. The van der Waals surface area contributed by atoms with E-state index in [1.807, 2.05) is 19.1 Å². The van der Waals surface area contributed by atoms with Crippen molar-refractivity contribution in [3.05, 3.63) is 28.8 Å². The lowest BCUT2D eigenvalue weighted by Crippen LogP contribution is -2.44. The predicted molar refractivity (Wildman–Crippen MR) is 89.1 cm³/mol. The van der Waals surface area contributed by atoms with Crippen molar-refractivity contribution in [1.82, 2.24) is 9.62 Å². The number of nitrogens with one attached hydrogen (secondary N) is 1.